The van der Waals surface area contributed by atoms with E-state index in [1.54, 1.807) is 0 Å². The molecule has 2 fully saturated rings. The minimum atomic E-state index is -3.19. The van der Waals surface area contributed by atoms with Gasteiger partial charge < -0.3 is 19.2 Å². The number of ether oxygens (including phenoxy) is 1. The summed E-state index contributed by atoms with van der Waals surface area (Å²) in [4.78, 5) is 46.5. The molecule has 4 aromatic rings. The van der Waals surface area contributed by atoms with E-state index in [9.17, 15) is 19.5 Å². The lowest BCUT2D eigenvalue weighted by molar-refractivity contribution is -0.155. The van der Waals surface area contributed by atoms with Crippen LogP contribution in [0, 0.1) is 5.92 Å². The molecule has 51 heavy (non-hydrogen) atoms. The van der Waals surface area contributed by atoms with Crippen LogP contribution in [0.25, 0.3) is 0 Å². The van der Waals surface area contributed by atoms with Crippen LogP contribution in [0.3, 0.4) is 0 Å². The molecule has 0 aromatic heterocycles. The Balaban J connectivity index is 1.49. The molecule has 0 radical (unpaired) electrons. The maximum atomic E-state index is 14.6. The third kappa shape index (κ3) is 7.74. The van der Waals surface area contributed by atoms with E-state index in [2.05, 4.69) is 24.5 Å². The van der Waals surface area contributed by atoms with Crippen molar-refractivity contribution in [3.8, 4) is 0 Å². The number of carbonyl (C=O) groups is 3. The van der Waals surface area contributed by atoms with Gasteiger partial charge in [-0.05, 0) is 48.0 Å². The topological polar surface area (TPSA) is 96.4 Å². The van der Waals surface area contributed by atoms with E-state index in [4.69, 9.17) is 9.16 Å². The van der Waals surface area contributed by atoms with Crippen molar-refractivity contribution in [2.24, 2.45) is 5.92 Å². The van der Waals surface area contributed by atoms with Crippen molar-refractivity contribution in [2.75, 3.05) is 26.3 Å². The number of nitrogens with zero attached hydrogens (tertiary/aromatic N) is 2. The highest BCUT2D eigenvalue weighted by Crippen LogP contribution is 2.50. The molecule has 10 heteroatoms. The summed E-state index contributed by atoms with van der Waals surface area (Å²) in [5, 5.41) is 13.8. The molecule has 2 aliphatic heterocycles. The number of likely N-dealkylation sites (tertiary alicyclic amines) is 1. The number of β-lactam (4-membered cyclic amide) rings is 1. The molecule has 1 N–H and O–H groups in total. The lowest BCUT2D eigenvalue weighted by Gasteiger charge is -2.51. The highest BCUT2D eigenvalue weighted by atomic mass is 31.2. The third-order valence-electron chi connectivity index (χ3n) is 9.66. The summed E-state index contributed by atoms with van der Waals surface area (Å²) >= 11 is 0. The molecular formula is C41H47N2O6PSi. The van der Waals surface area contributed by atoms with Crippen molar-refractivity contribution in [1.29, 1.82) is 0 Å². The Kier molecular flexibility index (Phi) is 11.2. The third-order valence-corrected chi connectivity index (χ3v) is 15.0. The molecule has 2 saturated heterocycles. The number of carbonyl (C=O) groups excluding carboxylic acids is 2. The van der Waals surface area contributed by atoms with Crippen LogP contribution in [0.4, 0.5) is 0 Å². The van der Waals surface area contributed by atoms with Gasteiger partial charge in [-0.25, -0.2) is 4.79 Å². The van der Waals surface area contributed by atoms with Gasteiger partial charge in [0.15, 0.2) is 14.1 Å². The van der Waals surface area contributed by atoms with Gasteiger partial charge in [0.2, 0.25) is 5.91 Å². The maximum absolute atomic E-state index is 14.6. The van der Waals surface area contributed by atoms with Gasteiger partial charge in [0.1, 0.15) is 5.42 Å². The number of rotatable bonds is 13. The van der Waals surface area contributed by atoms with Gasteiger partial charge in [-0.2, -0.15) is 0 Å². The van der Waals surface area contributed by atoms with Crippen molar-refractivity contribution >= 4 is 54.2 Å². The molecule has 2 heterocycles. The number of Topliss-reactive ketones (excluding diaryl/α,β-unsaturated/α-hetero) is 1. The van der Waals surface area contributed by atoms with Crippen LogP contribution >= 0.6 is 6.89 Å². The molecule has 6 rings (SSSR count). The molecule has 0 unspecified atom stereocenters. The lowest BCUT2D eigenvalue weighted by Crippen LogP contribution is -2.69. The fraction of sp³-hybridized carbons (Fsp3) is 0.317. The smallest absolute Gasteiger partial charge is 0.353 e. The quantitative estimate of drug-likeness (QED) is 0.0859. The predicted molar refractivity (Wildman–Crippen MR) is 207 cm³/mol. The summed E-state index contributed by atoms with van der Waals surface area (Å²) < 4.78 is 11.9. The normalized spacial score (nSPS) is 18.9. The number of morpholine rings is 1. The van der Waals surface area contributed by atoms with Crippen LogP contribution in [-0.2, 0) is 25.3 Å². The first-order valence-corrected chi connectivity index (χ1v) is 22.8. The summed E-state index contributed by atoms with van der Waals surface area (Å²) in [6.07, 6.45) is -0.532. The van der Waals surface area contributed by atoms with E-state index in [0.29, 0.717) is 18.8 Å². The molecule has 2 aliphatic rings. The van der Waals surface area contributed by atoms with E-state index in [1.165, 1.54) is 4.90 Å². The summed E-state index contributed by atoms with van der Waals surface area (Å²) in [7, 11) is -2.10. The van der Waals surface area contributed by atoms with E-state index >= 15 is 0 Å². The van der Waals surface area contributed by atoms with Crippen LogP contribution in [0.5, 0.6) is 0 Å². The van der Waals surface area contributed by atoms with Crippen LogP contribution in [-0.4, -0.2) is 84.8 Å². The second kappa shape index (κ2) is 15.6. The Morgan fingerprint density at radius 2 is 1.31 bits per heavy atom. The van der Waals surface area contributed by atoms with Gasteiger partial charge >= 0.3 is 5.97 Å². The van der Waals surface area contributed by atoms with Crippen molar-refractivity contribution in [3.63, 3.8) is 0 Å². The largest absolute Gasteiger partial charge is 0.477 e. The zero-order valence-electron chi connectivity index (χ0n) is 29.8. The lowest BCUT2D eigenvalue weighted by atomic mass is 9.79. The SMILES string of the molecule is C[C@@H](O[Si](C)(C)C)[C@H]1C(=O)N(C(C(=O)O)=P(c2ccccc2)(c2ccccc2)c2ccccc2)[C@@H]1CC(=O)c1ccc(CN2CCOCC2)cc1. The Morgan fingerprint density at radius 3 is 1.76 bits per heavy atom. The fourth-order valence-electron chi connectivity index (χ4n) is 7.49. The van der Waals surface area contributed by atoms with E-state index in [0.717, 1.165) is 41.1 Å². The van der Waals surface area contributed by atoms with Crippen LogP contribution in [0.15, 0.2) is 115 Å². The minimum absolute atomic E-state index is 0.00575. The number of carboxylic acids is 1. The molecule has 3 atom stereocenters. The summed E-state index contributed by atoms with van der Waals surface area (Å²) in [5.74, 6) is -2.34. The standard InChI is InChI=1S/C41H47N2O6PSi/c1-30(49-51(2,3)4)38-36(28-37(44)32-22-20-31(21-23-32)29-42-24-26-48-27-25-42)43(39(38)45)40(41(46)47)50(33-14-8-5-9-15-33,34-16-10-6-11-17-34)35-18-12-7-13-19-35/h5-23,30,36,38H,24-29H2,1-4H3,(H,46,47)/t30-,36-,38-/m1/s1. The van der Waals surface area contributed by atoms with Crippen LogP contribution in [0.1, 0.15) is 29.3 Å². The zero-order valence-corrected chi connectivity index (χ0v) is 31.7. The first kappa shape index (κ1) is 36.7. The number of aliphatic carboxylic acids is 1. The van der Waals surface area contributed by atoms with Crippen molar-refractivity contribution in [2.45, 2.75) is 51.7 Å². The van der Waals surface area contributed by atoms with Gasteiger partial charge in [0.25, 0.3) is 0 Å². The first-order valence-electron chi connectivity index (χ1n) is 17.6. The Morgan fingerprint density at radius 1 is 0.824 bits per heavy atom. The number of amides is 1. The zero-order chi connectivity index (χ0) is 36.2. The van der Waals surface area contributed by atoms with E-state index < -0.39 is 39.2 Å². The van der Waals surface area contributed by atoms with Crippen molar-refractivity contribution in [1.82, 2.24) is 9.80 Å². The number of ketones is 1. The van der Waals surface area contributed by atoms with E-state index in [-0.39, 0.29) is 23.5 Å². The molecule has 0 saturated carbocycles. The van der Waals surface area contributed by atoms with Gasteiger partial charge in [-0.3, -0.25) is 14.5 Å². The van der Waals surface area contributed by atoms with Gasteiger partial charge in [0, 0.05) is 38.5 Å². The number of hydrogen-bond donors (Lipinski definition) is 1. The summed E-state index contributed by atoms with van der Waals surface area (Å²) in [5.41, 5.74) is 1.64. The molecule has 1 amide bonds. The Labute approximate surface area is 302 Å². The Bertz CT molecular complexity index is 1790. The highest BCUT2D eigenvalue weighted by Gasteiger charge is 2.56. The van der Waals surface area contributed by atoms with Gasteiger partial charge in [-0.15, -0.1) is 0 Å². The van der Waals surface area contributed by atoms with Crippen LogP contribution in [0.2, 0.25) is 19.6 Å². The fourth-order valence-corrected chi connectivity index (χ4v) is 13.1. The predicted octanol–water partition coefficient (Wildman–Crippen LogP) is 5.37. The molecule has 8 nitrogen and oxygen atoms in total. The molecule has 266 valence electrons. The molecular weight excluding hydrogens is 676 g/mol. The average Bonchev–Trinajstić information content (AvgIpc) is 3.12. The van der Waals surface area contributed by atoms with Gasteiger partial charge in [-0.1, -0.05) is 115 Å². The minimum Gasteiger partial charge on any atom is -0.477 e. The second-order valence-electron chi connectivity index (χ2n) is 14.3. The van der Waals surface area contributed by atoms with Crippen molar-refractivity contribution < 1.29 is 28.7 Å². The first-order chi connectivity index (χ1) is 24.5. The summed E-state index contributed by atoms with van der Waals surface area (Å²) in [6.45, 7) is 8.82. The maximum Gasteiger partial charge on any atom is 0.353 e. The van der Waals surface area contributed by atoms with Gasteiger partial charge in [0.05, 0.1) is 31.3 Å². The monoisotopic (exact) mass is 722 g/mol. The van der Waals surface area contributed by atoms with Crippen LogP contribution < -0.4 is 15.9 Å². The summed E-state index contributed by atoms with van der Waals surface area (Å²) in [6, 6.07) is 35.8. The molecule has 0 spiro atoms. The molecule has 0 aliphatic carbocycles. The highest BCUT2D eigenvalue weighted by molar-refractivity contribution is 7.96. The molecule has 0 bridgehead atoms. The average molecular weight is 723 g/mol. The second-order valence-corrected chi connectivity index (χ2v) is 22.0. The number of benzene rings is 4. The van der Waals surface area contributed by atoms with E-state index in [1.807, 2.05) is 122 Å². The molecule has 4 aromatic carbocycles. The van der Waals surface area contributed by atoms with Crippen molar-refractivity contribution in [3.05, 3.63) is 126 Å². The number of carboxylic acid groups (broad SMARTS) is 1. The Hall–Kier alpha value is -4.11. The number of hydrogen-bond acceptors (Lipinski definition) is 6.